The topological polar surface area (TPSA) is 56.2 Å². The van der Waals surface area contributed by atoms with E-state index in [-0.39, 0.29) is 11.3 Å². The molecule has 3 rings (SSSR count). The van der Waals surface area contributed by atoms with Crippen LogP contribution in [0.2, 0.25) is 0 Å². The van der Waals surface area contributed by atoms with Gasteiger partial charge in [0.15, 0.2) is 0 Å². The van der Waals surface area contributed by atoms with Crippen LogP contribution in [0.4, 0.5) is 14.6 Å². The van der Waals surface area contributed by atoms with Crippen molar-refractivity contribution in [1.82, 2.24) is 9.78 Å². The Morgan fingerprint density at radius 2 is 2.20 bits per heavy atom. The molecule has 0 atom stereocenters. The molecule has 1 N–H and O–H groups in total. The Bertz CT molecular complexity index is 882. The maximum absolute atomic E-state index is 12.4. The molecule has 0 aliphatic heterocycles. The van der Waals surface area contributed by atoms with E-state index < -0.39 is 12.5 Å². The largest absolute Gasteiger partial charge is 0.435 e. The fourth-order valence-electron chi connectivity index (χ4n) is 2.15. The number of amides is 1. The first-order chi connectivity index (χ1) is 12.0. The fourth-order valence-corrected chi connectivity index (χ4v) is 3.58. The van der Waals surface area contributed by atoms with Crippen LogP contribution in [0.15, 0.2) is 52.4 Å². The van der Waals surface area contributed by atoms with Crippen LogP contribution in [0.5, 0.6) is 5.75 Å². The van der Waals surface area contributed by atoms with Crippen molar-refractivity contribution in [3.8, 4) is 5.75 Å². The minimum Gasteiger partial charge on any atom is -0.435 e. The van der Waals surface area contributed by atoms with E-state index in [0.717, 1.165) is 9.35 Å². The monoisotopic (exact) mass is 427 g/mol. The number of benzene rings is 1. The molecule has 0 aliphatic rings. The average molecular weight is 428 g/mol. The summed E-state index contributed by atoms with van der Waals surface area (Å²) in [6.45, 7) is -2.43. The molecule has 1 aromatic carbocycles. The molecule has 0 fully saturated rings. The molecule has 0 bridgehead atoms. The Morgan fingerprint density at radius 1 is 1.36 bits per heavy atom. The number of alkyl halides is 2. The highest BCUT2D eigenvalue weighted by atomic mass is 79.9. The van der Waals surface area contributed by atoms with E-state index in [4.69, 9.17) is 0 Å². The van der Waals surface area contributed by atoms with Crippen molar-refractivity contribution >= 4 is 39.0 Å². The van der Waals surface area contributed by atoms with Crippen molar-refractivity contribution in [1.29, 1.82) is 0 Å². The highest BCUT2D eigenvalue weighted by Crippen LogP contribution is 2.22. The van der Waals surface area contributed by atoms with Gasteiger partial charge in [0.05, 0.1) is 12.7 Å². The maximum Gasteiger partial charge on any atom is 0.387 e. The summed E-state index contributed by atoms with van der Waals surface area (Å²) in [4.78, 5) is 13.4. The third kappa shape index (κ3) is 4.64. The predicted molar refractivity (Wildman–Crippen MR) is 94.4 cm³/mol. The number of carbonyl (C=O) groups excluding carboxylic acids is 1. The number of hydrogen-bond acceptors (Lipinski definition) is 4. The molecule has 0 radical (unpaired) electrons. The lowest BCUT2D eigenvalue weighted by Crippen LogP contribution is -2.16. The summed E-state index contributed by atoms with van der Waals surface area (Å²) < 4.78 is 31.5. The van der Waals surface area contributed by atoms with Crippen LogP contribution < -0.4 is 10.1 Å². The molecule has 25 heavy (non-hydrogen) atoms. The smallest absolute Gasteiger partial charge is 0.387 e. The highest BCUT2D eigenvalue weighted by molar-refractivity contribution is 9.10. The Hall–Kier alpha value is -2.26. The Morgan fingerprint density at radius 3 is 2.92 bits per heavy atom. The lowest BCUT2D eigenvalue weighted by atomic mass is 10.2. The zero-order valence-corrected chi connectivity index (χ0v) is 15.1. The average Bonchev–Trinajstić information content (AvgIpc) is 3.16. The van der Waals surface area contributed by atoms with Crippen LogP contribution in [-0.2, 0) is 6.54 Å². The third-order valence-electron chi connectivity index (χ3n) is 3.21. The second-order valence-corrected chi connectivity index (χ2v) is 6.88. The summed E-state index contributed by atoms with van der Waals surface area (Å²) in [6, 6.07) is 9.27. The first kappa shape index (κ1) is 17.6. The van der Waals surface area contributed by atoms with Gasteiger partial charge >= 0.3 is 6.61 Å². The first-order valence-corrected chi connectivity index (χ1v) is 8.79. The molecular weight excluding hydrogens is 416 g/mol. The number of hydrogen-bond donors (Lipinski definition) is 1. The van der Waals surface area contributed by atoms with Gasteiger partial charge < -0.3 is 10.1 Å². The first-order valence-electron chi connectivity index (χ1n) is 7.12. The van der Waals surface area contributed by atoms with E-state index in [2.05, 4.69) is 31.1 Å². The van der Waals surface area contributed by atoms with Crippen molar-refractivity contribution in [3.63, 3.8) is 0 Å². The van der Waals surface area contributed by atoms with Gasteiger partial charge in [-0.25, -0.2) is 4.68 Å². The Labute approximate surface area is 154 Å². The van der Waals surface area contributed by atoms with Gasteiger partial charge in [-0.3, -0.25) is 4.79 Å². The molecule has 0 spiro atoms. The molecule has 1 amide bonds. The van der Waals surface area contributed by atoms with Crippen LogP contribution in [0.1, 0.15) is 15.2 Å². The van der Waals surface area contributed by atoms with Crippen LogP contribution in [0, 0.1) is 0 Å². The summed E-state index contributed by atoms with van der Waals surface area (Å²) in [5, 5.41) is 8.88. The molecule has 0 saturated carbocycles. The zero-order chi connectivity index (χ0) is 17.8. The Kier molecular flexibility index (Phi) is 5.44. The number of carbonyl (C=O) groups is 1. The van der Waals surface area contributed by atoms with Gasteiger partial charge in [-0.1, -0.05) is 6.07 Å². The van der Waals surface area contributed by atoms with Crippen LogP contribution in [-0.4, -0.2) is 22.3 Å². The quantitative estimate of drug-likeness (QED) is 0.624. The number of nitrogens with zero attached hydrogens (tertiary/aromatic N) is 2. The number of aromatic nitrogens is 2. The van der Waals surface area contributed by atoms with Crippen LogP contribution in [0.3, 0.4) is 0 Å². The number of halogens is 3. The molecule has 0 saturated heterocycles. The van der Waals surface area contributed by atoms with Crippen LogP contribution in [0.25, 0.3) is 0 Å². The number of rotatable bonds is 6. The summed E-state index contributed by atoms with van der Waals surface area (Å²) in [5.41, 5.74) is 0.213. The van der Waals surface area contributed by atoms with E-state index >= 15 is 0 Å². The van der Waals surface area contributed by atoms with E-state index in [1.165, 1.54) is 24.3 Å². The maximum atomic E-state index is 12.4. The summed E-state index contributed by atoms with van der Waals surface area (Å²) in [6.07, 6.45) is 1.58. The molecule has 2 heterocycles. The van der Waals surface area contributed by atoms with Crippen molar-refractivity contribution in [3.05, 3.63) is 62.9 Å². The van der Waals surface area contributed by atoms with E-state index in [1.54, 1.807) is 28.3 Å². The molecular formula is C16H12BrF2N3O2S. The van der Waals surface area contributed by atoms with Gasteiger partial charge in [-0.15, -0.1) is 11.3 Å². The molecule has 9 heteroatoms. The van der Waals surface area contributed by atoms with Crippen LogP contribution >= 0.6 is 27.3 Å². The number of thiophene rings is 1. The van der Waals surface area contributed by atoms with Crippen molar-refractivity contribution in [2.75, 3.05) is 5.32 Å². The SMILES string of the molecule is O=C(Nc1ccnn1Cc1cc(Br)cs1)c1cccc(OC(F)F)c1. The van der Waals surface area contributed by atoms with Gasteiger partial charge in [0.2, 0.25) is 0 Å². The summed E-state index contributed by atoms with van der Waals surface area (Å²) in [5.74, 6) is 0.00289. The number of ether oxygens (including phenoxy) is 1. The normalized spacial score (nSPS) is 10.9. The second-order valence-electron chi connectivity index (χ2n) is 4.97. The second kappa shape index (κ2) is 7.75. The van der Waals surface area contributed by atoms with Crippen molar-refractivity contribution in [2.24, 2.45) is 0 Å². The number of anilines is 1. The van der Waals surface area contributed by atoms with Crippen molar-refractivity contribution < 1.29 is 18.3 Å². The molecule has 5 nitrogen and oxygen atoms in total. The van der Waals surface area contributed by atoms with Gasteiger partial charge in [0.25, 0.3) is 5.91 Å². The minimum atomic E-state index is -2.94. The zero-order valence-electron chi connectivity index (χ0n) is 12.7. The molecule has 2 aromatic heterocycles. The summed E-state index contributed by atoms with van der Waals surface area (Å²) in [7, 11) is 0. The van der Waals surface area contributed by atoms with Gasteiger partial charge in [0, 0.05) is 26.4 Å². The molecule has 130 valence electrons. The van der Waals surface area contributed by atoms with Crippen molar-refractivity contribution in [2.45, 2.75) is 13.2 Å². The fraction of sp³-hybridized carbons (Fsp3) is 0.125. The van der Waals surface area contributed by atoms with Gasteiger partial charge in [-0.05, 0) is 40.2 Å². The van der Waals surface area contributed by atoms with E-state index in [9.17, 15) is 13.6 Å². The number of nitrogens with one attached hydrogen (secondary N) is 1. The predicted octanol–water partition coefficient (Wildman–Crippen LogP) is 4.61. The third-order valence-corrected chi connectivity index (χ3v) is 4.89. The van der Waals surface area contributed by atoms with Gasteiger partial charge in [-0.2, -0.15) is 13.9 Å². The molecule has 0 aliphatic carbocycles. The Balaban J connectivity index is 1.72. The van der Waals surface area contributed by atoms with E-state index in [1.807, 2.05) is 11.4 Å². The lowest BCUT2D eigenvalue weighted by molar-refractivity contribution is -0.0498. The summed E-state index contributed by atoms with van der Waals surface area (Å²) >= 11 is 4.97. The van der Waals surface area contributed by atoms with E-state index in [0.29, 0.717) is 12.4 Å². The molecule has 0 unspecified atom stereocenters. The molecule has 3 aromatic rings. The van der Waals surface area contributed by atoms with Gasteiger partial charge in [0.1, 0.15) is 11.6 Å². The highest BCUT2D eigenvalue weighted by Gasteiger charge is 2.12. The lowest BCUT2D eigenvalue weighted by Gasteiger charge is -2.09. The standard InChI is InChI=1S/C16H12BrF2N3O2S/c17-11-7-13(25-9-11)8-22-14(4-5-20-22)21-15(23)10-2-1-3-12(6-10)24-16(18)19/h1-7,9,16H,8H2,(H,21,23). The minimum absolute atomic E-state index is 0.0698.